The molecular weight excluding hydrogens is 369 g/mol. The molecule has 20 heavy (non-hydrogen) atoms. The minimum atomic E-state index is -0.168. The number of aliphatic hydroxyl groups is 1. The van der Waals surface area contributed by atoms with Gasteiger partial charge in [-0.3, -0.25) is 0 Å². The van der Waals surface area contributed by atoms with Gasteiger partial charge in [-0.05, 0) is 39.0 Å². The van der Waals surface area contributed by atoms with Crippen LogP contribution in [0.3, 0.4) is 0 Å². The predicted molar refractivity (Wildman–Crippen MR) is 84.7 cm³/mol. The molecule has 2 heterocycles. The van der Waals surface area contributed by atoms with E-state index < -0.39 is 0 Å². The van der Waals surface area contributed by atoms with Crippen molar-refractivity contribution in [1.82, 2.24) is 0 Å². The molecule has 4 nitrogen and oxygen atoms in total. The van der Waals surface area contributed by atoms with Gasteiger partial charge in [0.1, 0.15) is 5.60 Å². The fraction of sp³-hybridized carbons (Fsp3) is 0.933. The lowest BCUT2D eigenvalue weighted by atomic mass is 9.86. The van der Waals surface area contributed by atoms with E-state index in [0.717, 1.165) is 43.0 Å². The highest BCUT2D eigenvalue weighted by Gasteiger charge is 2.52. The normalized spacial score (nSPS) is 38.2. The maximum atomic E-state index is 8.96. The minimum Gasteiger partial charge on any atom is -0.396 e. The van der Waals surface area contributed by atoms with E-state index >= 15 is 0 Å². The zero-order chi connectivity index (χ0) is 14.6. The van der Waals surface area contributed by atoms with E-state index in [1.165, 1.54) is 0 Å². The minimum absolute atomic E-state index is 0.0512. The Bertz CT molecular complexity index is 360. The van der Waals surface area contributed by atoms with Crippen molar-refractivity contribution in [3.8, 4) is 6.07 Å². The Hall–Kier alpha value is 0.1000. The van der Waals surface area contributed by atoms with Crippen molar-refractivity contribution >= 4 is 22.6 Å². The number of ether oxygens (including phenoxy) is 2. The molecule has 1 N–H and O–H groups in total. The van der Waals surface area contributed by atoms with Crippen LogP contribution in [0.4, 0.5) is 0 Å². The van der Waals surface area contributed by atoms with Crippen molar-refractivity contribution in [2.45, 2.75) is 69.4 Å². The number of nitriles is 1. The zero-order valence-corrected chi connectivity index (χ0v) is 14.2. The molecule has 0 aromatic rings. The highest BCUT2D eigenvalue weighted by atomic mass is 127. The summed E-state index contributed by atoms with van der Waals surface area (Å²) in [6.07, 6.45) is 6.07. The van der Waals surface area contributed by atoms with Crippen LogP contribution in [0, 0.1) is 17.2 Å². The lowest BCUT2D eigenvalue weighted by molar-refractivity contribution is -0.155. The molecule has 114 valence electrons. The molecular formula is C15H24INO3. The van der Waals surface area contributed by atoms with Crippen LogP contribution in [-0.4, -0.2) is 40.1 Å². The number of aliphatic hydroxyl groups excluding tert-OH is 1. The number of rotatable bonds is 6. The first-order valence-corrected chi connectivity index (χ1v) is 9.06. The Morgan fingerprint density at radius 3 is 2.90 bits per heavy atom. The van der Waals surface area contributed by atoms with E-state index in [1.54, 1.807) is 0 Å². The molecule has 0 radical (unpaired) electrons. The highest BCUT2D eigenvalue weighted by Crippen LogP contribution is 2.44. The van der Waals surface area contributed by atoms with E-state index in [-0.39, 0.29) is 36.4 Å². The van der Waals surface area contributed by atoms with Gasteiger partial charge in [0.15, 0.2) is 0 Å². The highest BCUT2D eigenvalue weighted by molar-refractivity contribution is 14.1. The first-order valence-electron chi connectivity index (χ1n) is 7.53. The lowest BCUT2D eigenvalue weighted by Crippen LogP contribution is -2.50. The maximum Gasteiger partial charge on any atom is 0.106 e. The Kier molecular flexibility index (Phi) is 6.09. The van der Waals surface area contributed by atoms with Gasteiger partial charge in [-0.15, -0.1) is 0 Å². The van der Waals surface area contributed by atoms with Crippen molar-refractivity contribution < 1.29 is 14.6 Å². The van der Waals surface area contributed by atoms with Crippen molar-refractivity contribution in [3.63, 3.8) is 0 Å². The van der Waals surface area contributed by atoms with Crippen LogP contribution in [0.1, 0.15) is 45.4 Å². The molecule has 0 aromatic carbocycles. The van der Waals surface area contributed by atoms with Crippen LogP contribution in [0.15, 0.2) is 0 Å². The van der Waals surface area contributed by atoms with E-state index in [0.29, 0.717) is 0 Å². The number of halogens is 1. The lowest BCUT2D eigenvalue weighted by Gasteiger charge is -2.41. The van der Waals surface area contributed by atoms with Crippen LogP contribution >= 0.6 is 22.6 Å². The Morgan fingerprint density at radius 2 is 2.25 bits per heavy atom. The van der Waals surface area contributed by atoms with E-state index in [1.807, 2.05) is 6.92 Å². The topological polar surface area (TPSA) is 62.5 Å². The smallest absolute Gasteiger partial charge is 0.106 e. The predicted octanol–water partition coefficient (Wildman–Crippen LogP) is 2.82. The van der Waals surface area contributed by atoms with Crippen molar-refractivity contribution in [1.29, 1.82) is 5.26 Å². The van der Waals surface area contributed by atoms with E-state index in [9.17, 15) is 0 Å². The number of fused-ring (bicyclic) bond motifs is 1. The quantitative estimate of drug-likeness (QED) is 0.557. The van der Waals surface area contributed by atoms with Crippen LogP contribution in [-0.2, 0) is 9.47 Å². The molecule has 5 atom stereocenters. The molecule has 0 bridgehead atoms. The van der Waals surface area contributed by atoms with Gasteiger partial charge < -0.3 is 14.6 Å². The number of hydrogen-bond acceptors (Lipinski definition) is 4. The summed E-state index contributed by atoms with van der Waals surface area (Å²) in [5, 5.41) is 17.9. The Morgan fingerprint density at radius 1 is 1.45 bits per heavy atom. The van der Waals surface area contributed by atoms with E-state index in [4.69, 9.17) is 19.8 Å². The van der Waals surface area contributed by atoms with Gasteiger partial charge in [0, 0.05) is 23.4 Å². The average molecular weight is 393 g/mol. The van der Waals surface area contributed by atoms with Crippen molar-refractivity contribution in [3.05, 3.63) is 0 Å². The summed E-state index contributed by atoms with van der Waals surface area (Å²) in [6, 6.07) is 2.30. The molecule has 0 amide bonds. The van der Waals surface area contributed by atoms with Crippen LogP contribution in [0.5, 0.6) is 0 Å². The second-order valence-electron chi connectivity index (χ2n) is 6.10. The van der Waals surface area contributed by atoms with Gasteiger partial charge in [-0.25, -0.2) is 0 Å². The molecule has 2 unspecified atom stereocenters. The summed E-state index contributed by atoms with van der Waals surface area (Å²) in [6.45, 7) is 2.19. The second-order valence-corrected chi connectivity index (χ2v) is 6.86. The van der Waals surface area contributed by atoms with Gasteiger partial charge in [0.05, 0.1) is 24.4 Å². The number of nitrogens with zero attached hydrogens (tertiary/aromatic N) is 1. The van der Waals surface area contributed by atoms with E-state index in [2.05, 4.69) is 28.7 Å². The Labute approximate surface area is 135 Å². The number of hydrogen-bond donors (Lipinski definition) is 1. The van der Waals surface area contributed by atoms with Gasteiger partial charge in [0.25, 0.3) is 0 Å². The van der Waals surface area contributed by atoms with Gasteiger partial charge in [-0.2, -0.15) is 5.26 Å². The van der Waals surface area contributed by atoms with Crippen LogP contribution in [0.25, 0.3) is 0 Å². The number of alkyl halides is 1. The first kappa shape index (κ1) is 16.5. The first-order chi connectivity index (χ1) is 9.63. The second kappa shape index (κ2) is 7.39. The third kappa shape index (κ3) is 3.65. The fourth-order valence-electron chi connectivity index (χ4n) is 3.38. The van der Waals surface area contributed by atoms with Gasteiger partial charge in [-0.1, -0.05) is 22.6 Å². The molecule has 2 fully saturated rings. The summed E-state index contributed by atoms with van der Waals surface area (Å²) in [4.78, 5) is 0. The molecule has 2 aliphatic rings. The molecule has 2 aliphatic heterocycles. The Balaban J connectivity index is 1.96. The summed E-state index contributed by atoms with van der Waals surface area (Å²) in [7, 11) is 0. The van der Waals surface area contributed by atoms with Gasteiger partial charge in [0.2, 0.25) is 0 Å². The maximum absolute atomic E-state index is 8.96. The summed E-state index contributed by atoms with van der Waals surface area (Å²) >= 11 is 2.40. The summed E-state index contributed by atoms with van der Waals surface area (Å²) in [5.41, 5.74) is -0.168. The average Bonchev–Trinajstić information content (AvgIpc) is 2.83. The van der Waals surface area contributed by atoms with Gasteiger partial charge >= 0.3 is 0 Å². The van der Waals surface area contributed by atoms with Crippen LogP contribution in [0.2, 0.25) is 0 Å². The monoisotopic (exact) mass is 393 g/mol. The SMILES string of the molecule is C[C@@H](C#N)C[C@H]1CC[C@@H]2OC(CCCO)CC2(CI)O1. The van der Waals surface area contributed by atoms with Crippen LogP contribution < -0.4 is 0 Å². The molecule has 0 aromatic heterocycles. The zero-order valence-electron chi connectivity index (χ0n) is 12.1. The van der Waals surface area contributed by atoms with Crippen molar-refractivity contribution in [2.24, 2.45) is 5.92 Å². The molecule has 0 saturated carbocycles. The molecule has 0 spiro atoms. The largest absolute Gasteiger partial charge is 0.396 e. The molecule has 0 aliphatic carbocycles. The summed E-state index contributed by atoms with van der Waals surface area (Å²) in [5.74, 6) is 0.0512. The molecule has 2 rings (SSSR count). The fourth-order valence-corrected chi connectivity index (χ4v) is 4.36. The summed E-state index contributed by atoms with van der Waals surface area (Å²) < 4.78 is 13.5. The van der Waals surface area contributed by atoms with Crippen molar-refractivity contribution in [2.75, 3.05) is 11.0 Å². The molecule has 5 heteroatoms. The third-order valence-corrected chi connectivity index (χ3v) is 5.71. The third-order valence-electron chi connectivity index (χ3n) is 4.42. The standard InChI is InChI=1S/C15H24INO3/c1-11(9-17)7-12-4-5-14-15(10-16,20-12)8-13(19-14)3-2-6-18/h11-14,18H,2-8,10H2,1H3/t11-,12-,13?,14+,15?/m1/s1. The molecule has 2 saturated heterocycles.